The molecule has 0 saturated heterocycles. The number of benzene rings is 2. The second kappa shape index (κ2) is 12.1. The molecule has 2 aromatic carbocycles. The van der Waals surface area contributed by atoms with Crippen molar-refractivity contribution in [3.8, 4) is 5.75 Å². The summed E-state index contributed by atoms with van der Waals surface area (Å²) in [6, 6.07) is 5.53. The smallest absolute Gasteiger partial charge is 0.333 e. The molecule has 0 saturated carbocycles. The summed E-state index contributed by atoms with van der Waals surface area (Å²) in [5.41, 5.74) is 0.211. The Labute approximate surface area is 210 Å². The molecule has 0 radical (unpaired) electrons. The van der Waals surface area contributed by atoms with Gasteiger partial charge in [-0.2, -0.15) is 0 Å². The first-order valence-corrected chi connectivity index (χ1v) is 11.4. The second-order valence-corrected chi connectivity index (χ2v) is 8.69. The maximum absolute atomic E-state index is 14.6. The Kier molecular flexibility index (Phi) is 9.81. The second-order valence-electron chi connectivity index (χ2n) is 6.55. The van der Waals surface area contributed by atoms with Gasteiger partial charge in [-0.1, -0.05) is 18.5 Å². The van der Waals surface area contributed by atoms with Gasteiger partial charge in [0, 0.05) is 29.5 Å². The number of amides is 2. The molecule has 0 spiro atoms. The van der Waals surface area contributed by atoms with Crippen LogP contribution in [0.1, 0.15) is 36.2 Å². The standard InChI is InChI=1S/C21H18Br2ClFN2O6/c1-3-17(29)33-18(30)8-26-21(31)11-5-14(22)20(15(23)6-11)32-9-12-4-13(24)7-16(19(12)25)27-10(2)28/h4-7H,3,8-9H2,1-2H3,(H,26,31)(H,27,28). The number of hydrogen-bond acceptors (Lipinski definition) is 6. The fourth-order valence-corrected chi connectivity index (χ4v) is 4.16. The number of nitrogens with one attached hydrogen (secondary N) is 2. The predicted molar refractivity (Wildman–Crippen MR) is 126 cm³/mol. The van der Waals surface area contributed by atoms with E-state index in [1.54, 1.807) is 0 Å². The average molecular weight is 609 g/mol. The molecule has 2 N–H and O–H groups in total. The van der Waals surface area contributed by atoms with E-state index in [-0.39, 0.29) is 40.6 Å². The van der Waals surface area contributed by atoms with Crippen LogP contribution in [0.3, 0.4) is 0 Å². The van der Waals surface area contributed by atoms with Gasteiger partial charge >= 0.3 is 11.9 Å². The van der Waals surface area contributed by atoms with E-state index in [1.165, 1.54) is 38.1 Å². The van der Waals surface area contributed by atoms with Gasteiger partial charge in [-0.3, -0.25) is 14.4 Å². The molecule has 0 aliphatic heterocycles. The summed E-state index contributed by atoms with van der Waals surface area (Å²) in [6.45, 7) is 2.08. The third-order valence-corrected chi connectivity index (χ3v) is 5.36. The Bertz CT molecular complexity index is 1090. The van der Waals surface area contributed by atoms with E-state index in [9.17, 15) is 23.6 Å². The minimum Gasteiger partial charge on any atom is -0.486 e. The van der Waals surface area contributed by atoms with Crippen molar-refractivity contribution < 1.29 is 33.0 Å². The Morgan fingerprint density at radius 3 is 2.27 bits per heavy atom. The summed E-state index contributed by atoms with van der Waals surface area (Å²) in [5.74, 6) is -3.03. The Hall–Kier alpha value is -2.50. The first-order chi connectivity index (χ1) is 15.5. The lowest BCUT2D eigenvalue weighted by Gasteiger charge is -2.14. The van der Waals surface area contributed by atoms with E-state index >= 15 is 0 Å². The van der Waals surface area contributed by atoms with E-state index in [1.807, 2.05) is 0 Å². The molecular weight excluding hydrogens is 590 g/mol. The number of carbonyl (C=O) groups is 4. The van der Waals surface area contributed by atoms with Gasteiger partial charge in [-0.25, -0.2) is 9.18 Å². The lowest BCUT2D eigenvalue weighted by Crippen LogP contribution is -2.31. The summed E-state index contributed by atoms with van der Waals surface area (Å²) in [7, 11) is 0. The molecule has 176 valence electrons. The van der Waals surface area contributed by atoms with Crippen molar-refractivity contribution in [2.24, 2.45) is 0 Å². The quantitative estimate of drug-likeness (QED) is 0.331. The van der Waals surface area contributed by atoms with E-state index in [4.69, 9.17) is 16.3 Å². The van der Waals surface area contributed by atoms with E-state index in [0.717, 1.165) is 0 Å². The number of esters is 2. The van der Waals surface area contributed by atoms with Gasteiger partial charge in [0.2, 0.25) is 5.91 Å². The fourth-order valence-electron chi connectivity index (χ4n) is 2.50. The van der Waals surface area contributed by atoms with Crippen LogP contribution in [-0.4, -0.2) is 30.3 Å². The third kappa shape index (κ3) is 7.79. The maximum Gasteiger partial charge on any atom is 0.333 e. The molecule has 0 aliphatic carbocycles. The van der Waals surface area contributed by atoms with Crippen molar-refractivity contribution in [1.82, 2.24) is 5.32 Å². The van der Waals surface area contributed by atoms with E-state index < -0.39 is 36.1 Å². The Morgan fingerprint density at radius 2 is 1.70 bits per heavy atom. The van der Waals surface area contributed by atoms with E-state index in [0.29, 0.717) is 8.95 Å². The van der Waals surface area contributed by atoms with E-state index in [2.05, 4.69) is 47.2 Å². The molecule has 2 amide bonds. The third-order valence-electron chi connectivity index (χ3n) is 3.97. The highest BCUT2D eigenvalue weighted by atomic mass is 79.9. The topological polar surface area (TPSA) is 111 Å². The molecule has 0 aliphatic rings. The first kappa shape index (κ1) is 26.7. The highest BCUT2D eigenvalue weighted by Gasteiger charge is 2.17. The molecule has 0 aromatic heterocycles. The largest absolute Gasteiger partial charge is 0.486 e. The molecule has 8 nitrogen and oxygen atoms in total. The van der Waals surface area contributed by atoms with Crippen LogP contribution in [0.5, 0.6) is 5.75 Å². The zero-order valence-corrected chi connectivity index (χ0v) is 21.3. The SMILES string of the molecule is CCC(=O)OC(=O)CNC(=O)c1cc(Br)c(OCc2cc(Cl)cc(NC(C)=O)c2F)c(Br)c1. The van der Waals surface area contributed by atoms with Crippen LogP contribution in [0.4, 0.5) is 10.1 Å². The normalized spacial score (nSPS) is 10.4. The fraction of sp³-hybridized carbons (Fsp3) is 0.238. The van der Waals surface area contributed by atoms with Gasteiger partial charge < -0.3 is 20.1 Å². The summed E-state index contributed by atoms with van der Waals surface area (Å²) >= 11 is 12.6. The number of hydrogen-bond donors (Lipinski definition) is 2. The minimum absolute atomic E-state index is 0.0364. The van der Waals surface area contributed by atoms with Crippen LogP contribution in [0.2, 0.25) is 5.02 Å². The molecule has 0 heterocycles. The zero-order chi connectivity index (χ0) is 24.7. The molecule has 33 heavy (non-hydrogen) atoms. The number of carbonyl (C=O) groups excluding carboxylic acids is 4. The van der Waals surface area contributed by atoms with Crippen LogP contribution < -0.4 is 15.4 Å². The minimum atomic E-state index is -0.879. The number of halogens is 4. The molecule has 2 rings (SSSR count). The van der Waals surface area contributed by atoms with Crippen LogP contribution in [0.15, 0.2) is 33.2 Å². The van der Waals surface area contributed by atoms with Crippen molar-refractivity contribution in [3.63, 3.8) is 0 Å². The van der Waals surface area contributed by atoms with Crippen LogP contribution in [0, 0.1) is 5.82 Å². The van der Waals surface area contributed by atoms with Gasteiger partial charge in [0.25, 0.3) is 5.91 Å². The maximum atomic E-state index is 14.6. The predicted octanol–water partition coefficient (Wildman–Crippen LogP) is 4.75. The highest BCUT2D eigenvalue weighted by molar-refractivity contribution is 9.11. The number of ether oxygens (including phenoxy) is 2. The van der Waals surface area contributed by atoms with Crippen molar-refractivity contribution in [1.29, 1.82) is 0 Å². The monoisotopic (exact) mass is 606 g/mol. The summed E-state index contributed by atoms with van der Waals surface area (Å²) < 4.78 is 25.6. The van der Waals surface area contributed by atoms with Gasteiger partial charge in [0.05, 0.1) is 14.6 Å². The molecule has 12 heteroatoms. The number of rotatable bonds is 8. The molecule has 2 aromatic rings. The molecule has 0 bridgehead atoms. The summed E-state index contributed by atoms with van der Waals surface area (Å²) in [4.78, 5) is 46.2. The lowest BCUT2D eigenvalue weighted by atomic mass is 10.2. The van der Waals surface area contributed by atoms with Gasteiger partial charge in [0.1, 0.15) is 18.9 Å². The average Bonchev–Trinajstić information content (AvgIpc) is 2.73. The first-order valence-electron chi connectivity index (χ1n) is 9.40. The van der Waals surface area contributed by atoms with Crippen molar-refractivity contribution in [2.45, 2.75) is 26.9 Å². The Morgan fingerprint density at radius 1 is 1.06 bits per heavy atom. The summed E-state index contributed by atoms with van der Waals surface area (Å²) in [6.07, 6.45) is 0.0364. The zero-order valence-electron chi connectivity index (χ0n) is 17.4. The van der Waals surface area contributed by atoms with Gasteiger partial charge in [-0.15, -0.1) is 0 Å². The van der Waals surface area contributed by atoms with Crippen LogP contribution >= 0.6 is 43.5 Å². The highest BCUT2D eigenvalue weighted by Crippen LogP contribution is 2.36. The van der Waals surface area contributed by atoms with Crippen LogP contribution in [0.25, 0.3) is 0 Å². The van der Waals surface area contributed by atoms with Crippen molar-refractivity contribution in [3.05, 3.63) is 55.2 Å². The summed E-state index contributed by atoms with van der Waals surface area (Å²) in [5, 5.41) is 4.92. The number of anilines is 1. The van der Waals surface area contributed by atoms with Crippen LogP contribution in [-0.2, 0) is 25.7 Å². The molecule has 0 unspecified atom stereocenters. The van der Waals surface area contributed by atoms with Gasteiger partial charge in [-0.05, 0) is 56.1 Å². The Balaban J connectivity index is 2.11. The molecule has 0 atom stereocenters. The van der Waals surface area contributed by atoms with Crippen molar-refractivity contribution >= 4 is 72.9 Å². The van der Waals surface area contributed by atoms with Crippen molar-refractivity contribution in [2.75, 3.05) is 11.9 Å². The molecule has 0 fully saturated rings. The van der Waals surface area contributed by atoms with Gasteiger partial charge in [0.15, 0.2) is 5.82 Å². The lowest BCUT2D eigenvalue weighted by molar-refractivity contribution is -0.158. The molecular formula is C21H18Br2ClFN2O6.